The van der Waals surface area contributed by atoms with Crippen LogP contribution in [-0.4, -0.2) is 15.7 Å². The molecular weight excluding hydrogens is 348 g/mol. The average Bonchev–Trinajstić information content (AvgIpc) is 3.22. The Morgan fingerprint density at radius 1 is 0.857 bits per heavy atom. The highest BCUT2D eigenvalue weighted by Crippen LogP contribution is 2.22. The van der Waals surface area contributed by atoms with Crippen LogP contribution in [0.5, 0.6) is 0 Å². The second-order valence-electron chi connectivity index (χ2n) is 6.39. The van der Waals surface area contributed by atoms with E-state index in [4.69, 9.17) is 0 Å². The topological polar surface area (TPSA) is 59.0 Å². The van der Waals surface area contributed by atoms with Gasteiger partial charge in [0.15, 0.2) is 0 Å². The van der Waals surface area contributed by atoms with Crippen LogP contribution in [0.25, 0.3) is 0 Å². The van der Waals surface area contributed by atoms with Gasteiger partial charge in [0.2, 0.25) is 0 Å². The summed E-state index contributed by atoms with van der Waals surface area (Å²) < 4.78 is 1.85. The van der Waals surface area contributed by atoms with Crippen molar-refractivity contribution in [2.24, 2.45) is 0 Å². The van der Waals surface area contributed by atoms with Crippen molar-refractivity contribution in [3.63, 3.8) is 0 Å². The summed E-state index contributed by atoms with van der Waals surface area (Å²) in [7, 11) is 0. The van der Waals surface area contributed by atoms with Crippen LogP contribution in [0.3, 0.4) is 0 Å². The largest absolute Gasteiger partial charge is 0.355 e. The SMILES string of the molecule is O=C(Nc1cccc(Cn2cccn2)c1)c1ccccc1Nc1ccccc1. The zero-order valence-electron chi connectivity index (χ0n) is 15.2. The summed E-state index contributed by atoms with van der Waals surface area (Å²) in [5, 5.41) is 10.5. The van der Waals surface area contributed by atoms with E-state index in [2.05, 4.69) is 15.7 Å². The van der Waals surface area contributed by atoms with Gasteiger partial charge in [-0.15, -0.1) is 0 Å². The van der Waals surface area contributed by atoms with Crippen molar-refractivity contribution >= 4 is 23.0 Å². The predicted octanol–water partition coefficient (Wildman–Crippen LogP) is 4.93. The Hall–Kier alpha value is -3.86. The average molecular weight is 368 g/mol. The summed E-state index contributed by atoms with van der Waals surface area (Å²) in [6.45, 7) is 0.656. The maximum absolute atomic E-state index is 12.9. The van der Waals surface area contributed by atoms with E-state index >= 15 is 0 Å². The van der Waals surface area contributed by atoms with Crippen molar-refractivity contribution in [1.29, 1.82) is 0 Å². The Morgan fingerprint density at radius 2 is 1.64 bits per heavy atom. The first kappa shape index (κ1) is 17.5. The standard InChI is InChI=1S/C23H20N4O/c28-23(21-12-4-5-13-22(21)25-19-9-2-1-3-10-19)26-20-11-6-8-18(16-20)17-27-15-7-14-24-27/h1-16,25H,17H2,(H,26,28). The number of benzene rings is 3. The molecule has 0 spiro atoms. The summed E-state index contributed by atoms with van der Waals surface area (Å²) in [6.07, 6.45) is 3.67. The molecule has 5 heteroatoms. The van der Waals surface area contributed by atoms with Crippen LogP contribution in [0.4, 0.5) is 17.1 Å². The Labute approximate surface area is 163 Å². The van der Waals surface area contributed by atoms with E-state index in [1.54, 1.807) is 6.20 Å². The van der Waals surface area contributed by atoms with Crippen LogP contribution in [0.1, 0.15) is 15.9 Å². The molecule has 1 aromatic heterocycles. The predicted molar refractivity (Wildman–Crippen MR) is 112 cm³/mol. The van der Waals surface area contributed by atoms with Gasteiger partial charge in [-0.25, -0.2) is 0 Å². The molecule has 0 atom stereocenters. The van der Waals surface area contributed by atoms with Gasteiger partial charge in [-0.05, 0) is 48.0 Å². The number of rotatable bonds is 6. The lowest BCUT2D eigenvalue weighted by Gasteiger charge is -2.13. The van der Waals surface area contributed by atoms with Crippen molar-refractivity contribution in [2.45, 2.75) is 6.54 Å². The quantitative estimate of drug-likeness (QED) is 0.507. The molecule has 5 nitrogen and oxygen atoms in total. The van der Waals surface area contributed by atoms with E-state index < -0.39 is 0 Å². The third kappa shape index (κ3) is 4.27. The number of nitrogens with one attached hydrogen (secondary N) is 2. The molecule has 28 heavy (non-hydrogen) atoms. The molecule has 0 radical (unpaired) electrons. The Bertz CT molecular complexity index is 1060. The minimum atomic E-state index is -0.157. The lowest BCUT2D eigenvalue weighted by molar-refractivity contribution is 0.102. The van der Waals surface area contributed by atoms with Crippen LogP contribution >= 0.6 is 0 Å². The van der Waals surface area contributed by atoms with Gasteiger partial charge < -0.3 is 10.6 Å². The van der Waals surface area contributed by atoms with Gasteiger partial charge >= 0.3 is 0 Å². The summed E-state index contributed by atoms with van der Waals surface area (Å²) >= 11 is 0. The maximum Gasteiger partial charge on any atom is 0.257 e. The van der Waals surface area contributed by atoms with Crippen LogP contribution in [0, 0.1) is 0 Å². The van der Waals surface area contributed by atoms with Crippen LogP contribution in [0.2, 0.25) is 0 Å². The molecule has 4 aromatic rings. The highest BCUT2D eigenvalue weighted by Gasteiger charge is 2.12. The first-order chi connectivity index (χ1) is 13.8. The van der Waals surface area contributed by atoms with Crippen LogP contribution in [0.15, 0.2) is 97.3 Å². The molecule has 1 amide bonds. The number of para-hydroxylation sites is 2. The summed E-state index contributed by atoms with van der Waals surface area (Å²) in [4.78, 5) is 12.9. The fourth-order valence-corrected chi connectivity index (χ4v) is 2.99. The molecule has 0 aliphatic carbocycles. The molecule has 0 bridgehead atoms. The number of hydrogen-bond acceptors (Lipinski definition) is 3. The number of hydrogen-bond donors (Lipinski definition) is 2. The molecule has 0 aliphatic rings. The lowest BCUT2D eigenvalue weighted by Crippen LogP contribution is -2.14. The van der Waals surface area contributed by atoms with E-state index in [9.17, 15) is 4.79 Å². The summed E-state index contributed by atoms with van der Waals surface area (Å²) in [6, 6.07) is 27.0. The van der Waals surface area contributed by atoms with E-state index in [0.717, 1.165) is 22.6 Å². The van der Waals surface area contributed by atoms with Gasteiger partial charge in [-0.3, -0.25) is 9.48 Å². The van der Waals surface area contributed by atoms with E-state index in [1.165, 1.54) is 0 Å². The number of carbonyl (C=O) groups is 1. The van der Waals surface area contributed by atoms with Crippen molar-refractivity contribution in [3.05, 3.63) is 108 Å². The highest BCUT2D eigenvalue weighted by atomic mass is 16.1. The lowest BCUT2D eigenvalue weighted by atomic mass is 10.1. The molecule has 0 saturated heterocycles. The third-order valence-corrected chi connectivity index (χ3v) is 4.31. The second-order valence-corrected chi connectivity index (χ2v) is 6.39. The number of carbonyl (C=O) groups excluding carboxylic acids is 1. The third-order valence-electron chi connectivity index (χ3n) is 4.31. The van der Waals surface area contributed by atoms with Crippen molar-refractivity contribution in [3.8, 4) is 0 Å². The summed E-state index contributed by atoms with van der Waals surface area (Å²) in [5.74, 6) is -0.157. The first-order valence-corrected chi connectivity index (χ1v) is 9.07. The van der Waals surface area contributed by atoms with Gasteiger partial charge in [0, 0.05) is 23.8 Å². The Kier molecular flexibility index (Phi) is 5.15. The van der Waals surface area contributed by atoms with Crippen LogP contribution < -0.4 is 10.6 Å². The van der Waals surface area contributed by atoms with E-state index in [1.807, 2.05) is 95.8 Å². The molecule has 4 rings (SSSR count). The van der Waals surface area contributed by atoms with E-state index in [-0.39, 0.29) is 5.91 Å². The van der Waals surface area contributed by atoms with E-state index in [0.29, 0.717) is 12.1 Å². The smallest absolute Gasteiger partial charge is 0.257 e. The molecule has 1 heterocycles. The molecular formula is C23H20N4O. The van der Waals surface area contributed by atoms with Gasteiger partial charge in [-0.1, -0.05) is 42.5 Å². The highest BCUT2D eigenvalue weighted by molar-refractivity contribution is 6.08. The minimum Gasteiger partial charge on any atom is -0.355 e. The van der Waals surface area contributed by atoms with Crippen molar-refractivity contribution in [1.82, 2.24) is 9.78 Å². The Morgan fingerprint density at radius 3 is 2.46 bits per heavy atom. The molecule has 0 saturated carbocycles. The van der Waals surface area contributed by atoms with Crippen molar-refractivity contribution < 1.29 is 4.79 Å². The number of aromatic nitrogens is 2. The summed E-state index contributed by atoms with van der Waals surface area (Å²) in [5.41, 5.74) is 4.10. The second kappa shape index (κ2) is 8.22. The van der Waals surface area contributed by atoms with Gasteiger partial charge in [0.25, 0.3) is 5.91 Å². The number of amides is 1. The molecule has 0 aliphatic heterocycles. The number of anilines is 3. The normalized spacial score (nSPS) is 10.4. The molecule has 2 N–H and O–H groups in total. The Balaban J connectivity index is 1.51. The van der Waals surface area contributed by atoms with Crippen molar-refractivity contribution in [2.75, 3.05) is 10.6 Å². The number of nitrogens with zero attached hydrogens (tertiary/aromatic N) is 2. The molecule has 3 aromatic carbocycles. The molecule has 0 unspecified atom stereocenters. The minimum absolute atomic E-state index is 0.157. The molecule has 138 valence electrons. The monoisotopic (exact) mass is 368 g/mol. The fourth-order valence-electron chi connectivity index (χ4n) is 2.99. The first-order valence-electron chi connectivity index (χ1n) is 9.07. The van der Waals surface area contributed by atoms with Gasteiger partial charge in [-0.2, -0.15) is 5.10 Å². The zero-order valence-corrected chi connectivity index (χ0v) is 15.2. The zero-order chi connectivity index (χ0) is 19.2. The van der Waals surface area contributed by atoms with Crippen LogP contribution in [-0.2, 0) is 6.54 Å². The van der Waals surface area contributed by atoms with Gasteiger partial charge in [0.1, 0.15) is 0 Å². The van der Waals surface area contributed by atoms with Gasteiger partial charge in [0.05, 0.1) is 17.8 Å². The molecule has 0 fully saturated rings. The maximum atomic E-state index is 12.9. The fraction of sp³-hybridized carbons (Fsp3) is 0.0435.